The van der Waals surface area contributed by atoms with Crippen LogP contribution in [0.1, 0.15) is 5.56 Å². The van der Waals surface area contributed by atoms with Crippen molar-refractivity contribution in [2.75, 3.05) is 7.11 Å². The molecule has 0 unspecified atom stereocenters. The van der Waals surface area contributed by atoms with Crippen LogP contribution < -0.4 is 4.74 Å². The molecule has 5 heteroatoms. The third-order valence-electron chi connectivity index (χ3n) is 3.14. The molecule has 0 fully saturated rings. The minimum Gasteiger partial charge on any atom is -0.481 e. The number of aryl methyl sites for hydroxylation is 1. The van der Waals surface area contributed by atoms with Gasteiger partial charge >= 0.3 is 0 Å². The van der Waals surface area contributed by atoms with Crippen LogP contribution in [0.2, 0.25) is 5.15 Å². The normalized spacial score (nSPS) is 10.9. The highest BCUT2D eigenvalue weighted by atomic mass is 35.5. The Morgan fingerprint density at radius 1 is 1.32 bits per heavy atom. The second-order valence-electron chi connectivity index (χ2n) is 4.24. The molecule has 19 heavy (non-hydrogen) atoms. The summed E-state index contributed by atoms with van der Waals surface area (Å²) in [5.74, 6) is 0.594. The Labute approximate surface area is 115 Å². The summed E-state index contributed by atoms with van der Waals surface area (Å²) >= 11 is 5.92. The second kappa shape index (κ2) is 4.55. The van der Waals surface area contributed by atoms with E-state index < -0.39 is 0 Å². The molecule has 3 heterocycles. The van der Waals surface area contributed by atoms with Gasteiger partial charge in [0.2, 0.25) is 5.88 Å². The quantitative estimate of drug-likeness (QED) is 0.726. The molecule has 0 atom stereocenters. The number of hydrogen-bond acceptors (Lipinski definition) is 3. The van der Waals surface area contributed by atoms with Crippen molar-refractivity contribution < 1.29 is 4.74 Å². The molecule has 0 spiro atoms. The summed E-state index contributed by atoms with van der Waals surface area (Å²) in [4.78, 5) is 11.7. The fraction of sp³-hybridized carbons (Fsp3) is 0.143. The highest BCUT2D eigenvalue weighted by molar-refractivity contribution is 6.30. The third kappa shape index (κ3) is 1.94. The highest BCUT2D eigenvalue weighted by Gasteiger charge is 2.14. The van der Waals surface area contributed by atoms with Crippen molar-refractivity contribution in [3.63, 3.8) is 0 Å². The molecule has 0 saturated carbocycles. The first-order valence-corrected chi connectivity index (χ1v) is 6.21. The van der Waals surface area contributed by atoms with Crippen LogP contribution in [-0.2, 0) is 0 Å². The van der Waals surface area contributed by atoms with E-state index in [9.17, 15) is 0 Å². The van der Waals surface area contributed by atoms with Gasteiger partial charge in [-0.15, -0.1) is 0 Å². The molecule has 3 rings (SSSR count). The summed E-state index contributed by atoms with van der Waals surface area (Å²) in [5, 5.41) is 1.52. The van der Waals surface area contributed by atoms with Crippen LogP contribution in [0.5, 0.6) is 5.88 Å². The van der Waals surface area contributed by atoms with Gasteiger partial charge in [0.05, 0.1) is 23.9 Å². The molecule has 1 N–H and O–H groups in total. The maximum absolute atomic E-state index is 5.92. The average molecular weight is 274 g/mol. The molecule has 96 valence electrons. The third-order valence-corrected chi connectivity index (χ3v) is 3.35. The smallest absolute Gasteiger partial charge is 0.222 e. The van der Waals surface area contributed by atoms with Crippen molar-refractivity contribution in [2.45, 2.75) is 6.92 Å². The zero-order chi connectivity index (χ0) is 13.4. The molecule has 0 aliphatic rings. The number of aromatic nitrogens is 3. The molecular formula is C14H12ClN3O. The summed E-state index contributed by atoms with van der Waals surface area (Å²) in [7, 11) is 1.61. The summed E-state index contributed by atoms with van der Waals surface area (Å²) < 4.78 is 5.30. The first kappa shape index (κ1) is 12.0. The topological polar surface area (TPSA) is 50.8 Å². The van der Waals surface area contributed by atoms with Crippen molar-refractivity contribution in [3.8, 4) is 17.1 Å². The maximum atomic E-state index is 5.92. The Morgan fingerprint density at radius 3 is 2.95 bits per heavy atom. The van der Waals surface area contributed by atoms with E-state index in [0.717, 1.165) is 27.7 Å². The minimum atomic E-state index is 0.471. The number of nitrogens with zero attached hydrogens (tertiary/aromatic N) is 2. The second-order valence-corrected chi connectivity index (χ2v) is 4.63. The molecule has 0 saturated heterocycles. The van der Waals surface area contributed by atoms with Crippen molar-refractivity contribution in [2.24, 2.45) is 0 Å². The van der Waals surface area contributed by atoms with Crippen LogP contribution in [0.15, 0.2) is 30.6 Å². The zero-order valence-corrected chi connectivity index (χ0v) is 11.3. The molecule has 0 aromatic carbocycles. The van der Waals surface area contributed by atoms with Gasteiger partial charge in [0.1, 0.15) is 5.15 Å². The Hall–Kier alpha value is -2.07. The van der Waals surface area contributed by atoms with E-state index in [4.69, 9.17) is 16.3 Å². The van der Waals surface area contributed by atoms with Crippen molar-refractivity contribution in [1.29, 1.82) is 0 Å². The van der Waals surface area contributed by atoms with Crippen LogP contribution in [0.25, 0.3) is 22.2 Å². The van der Waals surface area contributed by atoms with Gasteiger partial charge in [-0.3, -0.25) is 0 Å². The van der Waals surface area contributed by atoms with Gasteiger partial charge in [-0.25, -0.2) is 9.97 Å². The number of halogens is 1. The summed E-state index contributed by atoms with van der Waals surface area (Å²) in [5.41, 5.74) is 3.96. The van der Waals surface area contributed by atoms with Gasteiger partial charge in [0.15, 0.2) is 0 Å². The Kier molecular flexibility index (Phi) is 2.87. The summed E-state index contributed by atoms with van der Waals surface area (Å²) in [6, 6.07) is 5.67. The van der Waals surface area contributed by atoms with E-state index in [1.807, 2.05) is 25.1 Å². The zero-order valence-electron chi connectivity index (χ0n) is 10.6. The molecule has 0 aliphatic carbocycles. The SMILES string of the molecule is COc1ncccc1-c1[nH]c2cc(Cl)ncc2c1C. The van der Waals surface area contributed by atoms with Gasteiger partial charge < -0.3 is 9.72 Å². The molecule has 0 amide bonds. The van der Waals surface area contributed by atoms with Crippen molar-refractivity contribution >= 4 is 22.5 Å². The number of methoxy groups -OCH3 is 1. The number of hydrogen-bond donors (Lipinski definition) is 1. The Morgan fingerprint density at radius 2 is 2.16 bits per heavy atom. The number of fused-ring (bicyclic) bond motifs is 1. The highest BCUT2D eigenvalue weighted by Crippen LogP contribution is 2.34. The summed E-state index contributed by atoms with van der Waals surface area (Å²) in [6.07, 6.45) is 3.48. The standard InChI is InChI=1S/C14H12ClN3O/c1-8-10-7-17-12(15)6-11(10)18-13(8)9-4-3-5-16-14(9)19-2/h3-7,18H,1-2H3. The van der Waals surface area contributed by atoms with Gasteiger partial charge in [0.25, 0.3) is 0 Å². The molecular weight excluding hydrogens is 262 g/mol. The number of aromatic amines is 1. The van der Waals surface area contributed by atoms with Gasteiger partial charge in [-0.2, -0.15) is 0 Å². The van der Waals surface area contributed by atoms with Crippen LogP contribution in [0, 0.1) is 6.92 Å². The molecule has 3 aromatic rings. The van der Waals surface area contributed by atoms with Crippen LogP contribution >= 0.6 is 11.6 Å². The monoisotopic (exact) mass is 273 g/mol. The average Bonchev–Trinajstić information content (AvgIpc) is 2.75. The van der Waals surface area contributed by atoms with E-state index in [1.54, 1.807) is 19.5 Å². The fourth-order valence-corrected chi connectivity index (χ4v) is 2.37. The number of nitrogens with one attached hydrogen (secondary N) is 1. The largest absolute Gasteiger partial charge is 0.481 e. The van der Waals surface area contributed by atoms with Crippen LogP contribution in [0.4, 0.5) is 0 Å². The maximum Gasteiger partial charge on any atom is 0.222 e. The number of H-pyrrole nitrogens is 1. The van der Waals surface area contributed by atoms with Crippen molar-refractivity contribution in [1.82, 2.24) is 15.0 Å². The molecule has 0 bridgehead atoms. The Balaban J connectivity index is 2.28. The first-order chi connectivity index (χ1) is 9.20. The van der Waals surface area contributed by atoms with E-state index in [1.165, 1.54) is 0 Å². The number of pyridine rings is 2. The summed E-state index contributed by atoms with van der Waals surface area (Å²) in [6.45, 7) is 2.04. The predicted molar refractivity (Wildman–Crippen MR) is 75.6 cm³/mol. The lowest BCUT2D eigenvalue weighted by molar-refractivity contribution is 0.399. The predicted octanol–water partition coefficient (Wildman–Crippen LogP) is 3.60. The Bertz CT molecular complexity index is 752. The number of rotatable bonds is 2. The van der Waals surface area contributed by atoms with E-state index in [0.29, 0.717) is 11.0 Å². The lowest BCUT2D eigenvalue weighted by atomic mass is 10.1. The van der Waals surface area contributed by atoms with E-state index >= 15 is 0 Å². The van der Waals surface area contributed by atoms with Gasteiger partial charge in [-0.05, 0) is 30.7 Å². The molecule has 4 nitrogen and oxygen atoms in total. The lowest BCUT2D eigenvalue weighted by Crippen LogP contribution is -1.91. The van der Waals surface area contributed by atoms with Gasteiger partial charge in [-0.1, -0.05) is 11.6 Å². The van der Waals surface area contributed by atoms with E-state index in [2.05, 4.69) is 15.0 Å². The van der Waals surface area contributed by atoms with Gasteiger partial charge in [0, 0.05) is 17.8 Å². The lowest BCUT2D eigenvalue weighted by Gasteiger charge is -2.05. The first-order valence-electron chi connectivity index (χ1n) is 5.84. The minimum absolute atomic E-state index is 0.471. The van der Waals surface area contributed by atoms with Crippen LogP contribution in [0.3, 0.4) is 0 Å². The molecule has 3 aromatic heterocycles. The fourth-order valence-electron chi connectivity index (χ4n) is 2.21. The van der Waals surface area contributed by atoms with Crippen LogP contribution in [-0.4, -0.2) is 22.1 Å². The van der Waals surface area contributed by atoms with E-state index in [-0.39, 0.29) is 0 Å². The van der Waals surface area contributed by atoms with Crippen molar-refractivity contribution in [3.05, 3.63) is 41.3 Å². The number of ether oxygens (including phenoxy) is 1. The molecule has 0 radical (unpaired) electrons. The molecule has 0 aliphatic heterocycles.